The molecule has 0 radical (unpaired) electrons. The molecule has 1 aliphatic heterocycles. The van der Waals surface area contributed by atoms with Crippen molar-refractivity contribution < 1.29 is 0 Å². The smallest absolute Gasteiger partial charge is 0.0158 e. The van der Waals surface area contributed by atoms with Gasteiger partial charge >= 0.3 is 0 Å². The monoisotopic (exact) mass is 272 g/mol. The van der Waals surface area contributed by atoms with E-state index in [0.29, 0.717) is 5.41 Å². The molecule has 1 heterocycles. The first-order valence-electron chi connectivity index (χ1n) is 7.47. The van der Waals surface area contributed by atoms with Crippen molar-refractivity contribution in [3.8, 4) is 0 Å². The second-order valence-electron chi connectivity index (χ2n) is 6.74. The van der Waals surface area contributed by atoms with Crippen LogP contribution in [-0.2, 0) is 0 Å². The molecule has 1 saturated heterocycles. The zero-order chi connectivity index (χ0) is 13.6. The molecule has 1 fully saturated rings. The predicted molar refractivity (Wildman–Crippen MR) is 84.2 cm³/mol. The lowest BCUT2D eigenvalue weighted by molar-refractivity contribution is 0.182. The molecule has 1 aliphatic rings. The van der Waals surface area contributed by atoms with Gasteiger partial charge in [-0.1, -0.05) is 20.8 Å². The minimum Gasteiger partial charge on any atom is -0.330 e. The van der Waals surface area contributed by atoms with Crippen molar-refractivity contribution in [1.29, 1.82) is 0 Å². The van der Waals surface area contributed by atoms with Crippen molar-refractivity contribution in [3.63, 3.8) is 0 Å². The highest BCUT2D eigenvalue weighted by Crippen LogP contribution is 2.32. The van der Waals surface area contributed by atoms with Crippen molar-refractivity contribution in [2.45, 2.75) is 53.0 Å². The standard InChI is InChI=1S/C15H32N2S/c1-13-12-18-11-10-17(13)9-5-6-14(7-8-16)15(2,3)4/h13-14H,5-12,16H2,1-4H3. The quantitative estimate of drug-likeness (QED) is 0.805. The van der Waals surface area contributed by atoms with Gasteiger partial charge in [-0.25, -0.2) is 0 Å². The summed E-state index contributed by atoms with van der Waals surface area (Å²) in [5, 5.41) is 0. The molecule has 0 aromatic carbocycles. The van der Waals surface area contributed by atoms with E-state index in [1.165, 1.54) is 43.9 Å². The Kier molecular flexibility index (Phi) is 7.04. The maximum absolute atomic E-state index is 5.75. The van der Waals surface area contributed by atoms with Gasteiger partial charge in [0.05, 0.1) is 0 Å². The van der Waals surface area contributed by atoms with Gasteiger partial charge in [-0.2, -0.15) is 11.8 Å². The van der Waals surface area contributed by atoms with Crippen LogP contribution >= 0.6 is 11.8 Å². The summed E-state index contributed by atoms with van der Waals surface area (Å²) in [4.78, 5) is 2.67. The van der Waals surface area contributed by atoms with Gasteiger partial charge in [-0.15, -0.1) is 0 Å². The first kappa shape index (κ1) is 16.3. The van der Waals surface area contributed by atoms with Crippen LogP contribution in [0.1, 0.15) is 47.0 Å². The van der Waals surface area contributed by atoms with Crippen LogP contribution in [0.4, 0.5) is 0 Å². The first-order chi connectivity index (χ1) is 8.45. The predicted octanol–water partition coefficient (Wildman–Crippen LogP) is 3.22. The zero-order valence-corrected chi connectivity index (χ0v) is 13.6. The van der Waals surface area contributed by atoms with Gasteiger partial charge < -0.3 is 5.73 Å². The van der Waals surface area contributed by atoms with Crippen molar-refractivity contribution in [3.05, 3.63) is 0 Å². The number of thioether (sulfide) groups is 1. The maximum atomic E-state index is 5.75. The van der Waals surface area contributed by atoms with Gasteiger partial charge in [0.15, 0.2) is 0 Å². The van der Waals surface area contributed by atoms with E-state index in [4.69, 9.17) is 5.73 Å². The van der Waals surface area contributed by atoms with Crippen molar-refractivity contribution in [2.75, 3.05) is 31.1 Å². The Morgan fingerprint density at radius 1 is 1.33 bits per heavy atom. The van der Waals surface area contributed by atoms with Crippen molar-refractivity contribution >= 4 is 11.8 Å². The van der Waals surface area contributed by atoms with Gasteiger partial charge in [0.25, 0.3) is 0 Å². The lowest BCUT2D eigenvalue weighted by Crippen LogP contribution is -2.41. The number of hydrogen-bond donors (Lipinski definition) is 1. The summed E-state index contributed by atoms with van der Waals surface area (Å²) < 4.78 is 0. The third kappa shape index (κ3) is 5.50. The molecule has 2 unspecified atom stereocenters. The van der Waals surface area contributed by atoms with Crippen LogP contribution in [0, 0.1) is 11.3 Å². The molecule has 1 rings (SSSR count). The third-order valence-electron chi connectivity index (χ3n) is 4.24. The van der Waals surface area contributed by atoms with E-state index in [9.17, 15) is 0 Å². The largest absolute Gasteiger partial charge is 0.330 e. The number of nitrogens with two attached hydrogens (primary N) is 1. The second-order valence-corrected chi connectivity index (χ2v) is 7.89. The normalized spacial score (nSPS) is 24.2. The molecule has 2 nitrogen and oxygen atoms in total. The summed E-state index contributed by atoms with van der Waals surface area (Å²) in [7, 11) is 0. The molecule has 0 bridgehead atoms. The lowest BCUT2D eigenvalue weighted by atomic mass is 9.76. The minimum absolute atomic E-state index is 0.405. The first-order valence-corrected chi connectivity index (χ1v) is 8.62. The summed E-state index contributed by atoms with van der Waals surface area (Å²) in [6.07, 6.45) is 3.84. The highest BCUT2D eigenvalue weighted by molar-refractivity contribution is 7.99. The molecule has 108 valence electrons. The fraction of sp³-hybridized carbons (Fsp3) is 1.00. The van der Waals surface area contributed by atoms with Crippen LogP contribution in [-0.4, -0.2) is 42.1 Å². The summed E-state index contributed by atoms with van der Waals surface area (Å²) in [5.41, 5.74) is 6.16. The second kappa shape index (κ2) is 7.76. The summed E-state index contributed by atoms with van der Waals surface area (Å²) in [6.45, 7) is 12.8. The minimum atomic E-state index is 0.405. The Morgan fingerprint density at radius 2 is 2.06 bits per heavy atom. The molecule has 2 atom stereocenters. The van der Waals surface area contributed by atoms with E-state index in [-0.39, 0.29) is 0 Å². The van der Waals surface area contributed by atoms with Crippen LogP contribution in [0.25, 0.3) is 0 Å². The number of hydrogen-bond acceptors (Lipinski definition) is 3. The number of nitrogens with zero attached hydrogens (tertiary/aromatic N) is 1. The van der Waals surface area contributed by atoms with E-state index in [1.807, 2.05) is 0 Å². The lowest BCUT2D eigenvalue weighted by Gasteiger charge is -2.35. The third-order valence-corrected chi connectivity index (χ3v) is 5.43. The Hall–Kier alpha value is 0.270. The van der Waals surface area contributed by atoms with Crippen molar-refractivity contribution in [2.24, 2.45) is 17.1 Å². The molecule has 18 heavy (non-hydrogen) atoms. The molecule has 3 heteroatoms. The van der Waals surface area contributed by atoms with Crippen LogP contribution < -0.4 is 5.73 Å². The highest BCUT2D eigenvalue weighted by Gasteiger charge is 2.24. The summed E-state index contributed by atoms with van der Waals surface area (Å²) in [5.74, 6) is 3.40. The van der Waals surface area contributed by atoms with E-state index < -0.39 is 0 Å². The number of rotatable bonds is 6. The molecular weight excluding hydrogens is 240 g/mol. The molecule has 0 aromatic heterocycles. The zero-order valence-electron chi connectivity index (χ0n) is 12.7. The van der Waals surface area contributed by atoms with Crippen LogP contribution in [0.5, 0.6) is 0 Å². The van der Waals surface area contributed by atoms with Gasteiger partial charge in [0.1, 0.15) is 0 Å². The maximum Gasteiger partial charge on any atom is 0.0158 e. The summed E-state index contributed by atoms with van der Waals surface area (Å²) in [6, 6.07) is 0.770. The molecule has 0 amide bonds. The van der Waals surface area contributed by atoms with Gasteiger partial charge in [0, 0.05) is 24.1 Å². The van der Waals surface area contributed by atoms with E-state index in [1.54, 1.807) is 0 Å². The Balaban J connectivity index is 2.29. The topological polar surface area (TPSA) is 29.3 Å². The SMILES string of the molecule is CC1CSCCN1CCCC(CCN)C(C)(C)C. The Labute approximate surface area is 118 Å². The average molecular weight is 273 g/mol. The van der Waals surface area contributed by atoms with E-state index in [2.05, 4.69) is 44.4 Å². The van der Waals surface area contributed by atoms with Crippen LogP contribution in [0.15, 0.2) is 0 Å². The Bertz CT molecular complexity index is 225. The Morgan fingerprint density at radius 3 is 2.61 bits per heavy atom. The summed E-state index contributed by atoms with van der Waals surface area (Å²) >= 11 is 2.10. The molecule has 0 saturated carbocycles. The van der Waals surface area contributed by atoms with Crippen molar-refractivity contribution in [1.82, 2.24) is 4.90 Å². The molecular formula is C15H32N2S. The fourth-order valence-electron chi connectivity index (χ4n) is 2.85. The van der Waals surface area contributed by atoms with Gasteiger partial charge in [-0.05, 0) is 50.6 Å². The molecule has 0 aromatic rings. The molecule has 0 spiro atoms. The highest BCUT2D eigenvalue weighted by atomic mass is 32.2. The van der Waals surface area contributed by atoms with E-state index >= 15 is 0 Å². The molecule has 0 aliphatic carbocycles. The van der Waals surface area contributed by atoms with E-state index in [0.717, 1.165) is 18.5 Å². The average Bonchev–Trinajstić information content (AvgIpc) is 2.29. The van der Waals surface area contributed by atoms with Gasteiger partial charge in [-0.3, -0.25) is 4.90 Å². The van der Waals surface area contributed by atoms with Crippen LogP contribution in [0.2, 0.25) is 0 Å². The van der Waals surface area contributed by atoms with Gasteiger partial charge in [0.2, 0.25) is 0 Å². The van der Waals surface area contributed by atoms with Crippen LogP contribution in [0.3, 0.4) is 0 Å². The fourth-order valence-corrected chi connectivity index (χ4v) is 3.93. The molecule has 2 N–H and O–H groups in total.